The second kappa shape index (κ2) is 6.69. The molecular formula is C14H13ClN2O3S. The lowest BCUT2D eigenvalue weighted by molar-refractivity contribution is -0.385. The van der Waals surface area contributed by atoms with Crippen molar-refractivity contribution in [3.63, 3.8) is 0 Å². The molecule has 2 aromatic rings. The number of carbonyl (C=O) groups is 1. The highest BCUT2D eigenvalue weighted by Gasteiger charge is 2.24. The average Bonchev–Trinajstić information content (AvgIpc) is 2.96. The molecule has 0 atom stereocenters. The minimum absolute atomic E-state index is 0.0194. The molecule has 0 aliphatic heterocycles. The summed E-state index contributed by atoms with van der Waals surface area (Å²) in [5, 5.41) is 13.3. The molecule has 0 radical (unpaired) electrons. The van der Waals surface area contributed by atoms with E-state index in [1.54, 1.807) is 4.90 Å². The number of carbonyl (C=O) groups excluding carboxylic acids is 1. The number of nitro groups is 1. The standard InChI is InChI=1S/C14H13ClN2O3S/c1-2-16(9-11-4-3-7-21-11)14(18)12-8-10(15)5-6-13(12)17(19)20/h3-8H,2,9H2,1H3. The van der Waals surface area contributed by atoms with Gasteiger partial charge in [0, 0.05) is 22.5 Å². The Hall–Kier alpha value is -1.92. The number of nitro benzene ring substituents is 1. The summed E-state index contributed by atoms with van der Waals surface area (Å²) in [5.74, 6) is -0.389. The fourth-order valence-corrected chi connectivity index (χ4v) is 2.82. The van der Waals surface area contributed by atoms with Gasteiger partial charge in [-0.25, -0.2) is 0 Å². The van der Waals surface area contributed by atoms with Gasteiger partial charge in [-0.15, -0.1) is 11.3 Å². The van der Waals surface area contributed by atoms with Crippen molar-refractivity contribution in [2.24, 2.45) is 0 Å². The quantitative estimate of drug-likeness (QED) is 0.617. The Bertz CT molecular complexity index is 658. The van der Waals surface area contributed by atoms with E-state index >= 15 is 0 Å². The molecule has 21 heavy (non-hydrogen) atoms. The molecule has 2 rings (SSSR count). The third-order valence-corrected chi connectivity index (χ3v) is 4.08. The van der Waals surface area contributed by atoms with Gasteiger partial charge in [-0.3, -0.25) is 14.9 Å². The molecule has 0 bridgehead atoms. The molecule has 110 valence electrons. The highest BCUT2D eigenvalue weighted by Crippen LogP contribution is 2.25. The first kappa shape index (κ1) is 15.5. The van der Waals surface area contributed by atoms with Crippen LogP contribution in [0.3, 0.4) is 0 Å². The first-order valence-corrected chi connectivity index (χ1v) is 7.54. The van der Waals surface area contributed by atoms with E-state index in [1.807, 2.05) is 24.4 Å². The summed E-state index contributed by atoms with van der Waals surface area (Å²) in [6.07, 6.45) is 0. The van der Waals surface area contributed by atoms with Gasteiger partial charge < -0.3 is 4.90 Å². The highest BCUT2D eigenvalue weighted by atomic mass is 35.5. The van der Waals surface area contributed by atoms with Crippen LogP contribution in [0, 0.1) is 10.1 Å². The zero-order valence-corrected chi connectivity index (χ0v) is 12.9. The number of hydrogen-bond acceptors (Lipinski definition) is 4. The number of thiophene rings is 1. The van der Waals surface area contributed by atoms with Gasteiger partial charge in [0.1, 0.15) is 5.56 Å². The van der Waals surface area contributed by atoms with Gasteiger partial charge in [-0.1, -0.05) is 17.7 Å². The second-order valence-corrected chi connectivity index (χ2v) is 5.79. The van der Waals surface area contributed by atoms with Gasteiger partial charge >= 0.3 is 0 Å². The molecule has 0 saturated heterocycles. The topological polar surface area (TPSA) is 63.5 Å². The smallest absolute Gasteiger partial charge is 0.282 e. The zero-order chi connectivity index (χ0) is 15.4. The van der Waals surface area contributed by atoms with E-state index in [-0.39, 0.29) is 17.2 Å². The molecule has 5 nitrogen and oxygen atoms in total. The predicted octanol–water partition coefficient (Wildman–Crippen LogP) is 3.97. The van der Waals surface area contributed by atoms with Gasteiger partial charge in [0.2, 0.25) is 0 Å². The van der Waals surface area contributed by atoms with Crippen LogP contribution in [0.15, 0.2) is 35.7 Å². The Kier molecular flexibility index (Phi) is 4.93. The van der Waals surface area contributed by atoms with Gasteiger partial charge in [-0.2, -0.15) is 0 Å². The number of rotatable bonds is 5. The van der Waals surface area contributed by atoms with Crippen LogP contribution in [0.2, 0.25) is 5.02 Å². The largest absolute Gasteiger partial charge is 0.334 e. The number of hydrogen-bond donors (Lipinski definition) is 0. The molecule has 0 N–H and O–H groups in total. The van der Waals surface area contributed by atoms with Crippen molar-refractivity contribution in [1.82, 2.24) is 4.90 Å². The predicted molar refractivity (Wildman–Crippen MR) is 82.8 cm³/mol. The van der Waals surface area contributed by atoms with Crippen LogP contribution in [0.25, 0.3) is 0 Å². The first-order valence-electron chi connectivity index (χ1n) is 6.28. The van der Waals surface area contributed by atoms with Gasteiger partial charge in [0.05, 0.1) is 11.5 Å². The maximum atomic E-state index is 12.5. The Morgan fingerprint density at radius 3 is 2.76 bits per heavy atom. The van der Waals surface area contributed by atoms with Crippen molar-refractivity contribution in [2.45, 2.75) is 13.5 Å². The van der Waals surface area contributed by atoms with Crippen molar-refractivity contribution >= 4 is 34.5 Å². The van der Waals surface area contributed by atoms with E-state index in [0.717, 1.165) is 4.88 Å². The van der Waals surface area contributed by atoms with Crippen LogP contribution in [0.1, 0.15) is 22.2 Å². The van der Waals surface area contributed by atoms with Crippen LogP contribution >= 0.6 is 22.9 Å². The number of amides is 1. The summed E-state index contributed by atoms with van der Waals surface area (Å²) < 4.78 is 0. The van der Waals surface area contributed by atoms with Gasteiger partial charge in [0.15, 0.2) is 0 Å². The van der Waals surface area contributed by atoms with Crippen molar-refractivity contribution in [3.05, 3.63) is 61.3 Å². The molecule has 0 spiro atoms. The fraction of sp³-hybridized carbons (Fsp3) is 0.214. The lowest BCUT2D eigenvalue weighted by atomic mass is 10.1. The van der Waals surface area contributed by atoms with Gasteiger partial charge in [-0.05, 0) is 30.5 Å². The van der Waals surface area contributed by atoms with Crippen molar-refractivity contribution in [2.75, 3.05) is 6.54 Å². The zero-order valence-electron chi connectivity index (χ0n) is 11.3. The lowest BCUT2D eigenvalue weighted by Crippen LogP contribution is -2.30. The maximum absolute atomic E-state index is 12.5. The third-order valence-electron chi connectivity index (χ3n) is 2.98. The summed E-state index contributed by atoms with van der Waals surface area (Å²) in [5.41, 5.74) is -0.208. The Balaban J connectivity index is 2.33. The molecule has 0 aliphatic rings. The molecule has 0 saturated carbocycles. The minimum atomic E-state index is -0.567. The van der Waals surface area contributed by atoms with Crippen molar-refractivity contribution in [1.29, 1.82) is 0 Å². The summed E-state index contributed by atoms with van der Waals surface area (Å²) in [4.78, 5) is 25.6. The first-order chi connectivity index (χ1) is 10.0. The SMILES string of the molecule is CCN(Cc1cccs1)C(=O)c1cc(Cl)ccc1[N+](=O)[O-]. The monoisotopic (exact) mass is 324 g/mol. The van der Waals surface area contributed by atoms with E-state index in [0.29, 0.717) is 18.1 Å². The van der Waals surface area contributed by atoms with E-state index in [9.17, 15) is 14.9 Å². The Morgan fingerprint density at radius 2 is 2.19 bits per heavy atom. The molecule has 0 fully saturated rings. The summed E-state index contributed by atoms with van der Waals surface area (Å²) in [7, 11) is 0. The normalized spacial score (nSPS) is 10.4. The van der Waals surface area contributed by atoms with Gasteiger partial charge in [0.25, 0.3) is 11.6 Å². The molecule has 0 aliphatic carbocycles. The summed E-state index contributed by atoms with van der Waals surface area (Å²) >= 11 is 7.40. The molecule has 7 heteroatoms. The molecule has 1 amide bonds. The minimum Gasteiger partial charge on any atom is -0.334 e. The average molecular weight is 325 g/mol. The number of halogens is 1. The van der Waals surface area contributed by atoms with Crippen molar-refractivity contribution in [3.8, 4) is 0 Å². The van der Waals surface area contributed by atoms with E-state index in [4.69, 9.17) is 11.6 Å². The molecule has 1 aromatic heterocycles. The van der Waals surface area contributed by atoms with Crippen LogP contribution in [0.4, 0.5) is 5.69 Å². The Labute approximate surface area is 130 Å². The fourth-order valence-electron chi connectivity index (χ4n) is 1.93. The third kappa shape index (κ3) is 3.59. The maximum Gasteiger partial charge on any atom is 0.282 e. The van der Waals surface area contributed by atoms with Crippen LogP contribution < -0.4 is 0 Å². The van der Waals surface area contributed by atoms with Crippen LogP contribution in [0.5, 0.6) is 0 Å². The van der Waals surface area contributed by atoms with E-state index in [2.05, 4.69) is 0 Å². The Morgan fingerprint density at radius 1 is 1.43 bits per heavy atom. The van der Waals surface area contributed by atoms with E-state index < -0.39 is 4.92 Å². The summed E-state index contributed by atoms with van der Waals surface area (Å²) in [6, 6.07) is 7.84. The number of nitrogens with zero attached hydrogens (tertiary/aromatic N) is 2. The lowest BCUT2D eigenvalue weighted by Gasteiger charge is -2.20. The summed E-state index contributed by atoms with van der Waals surface area (Å²) in [6.45, 7) is 2.72. The molecular weight excluding hydrogens is 312 g/mol. The molecule has 1 heterocycles. The second-order valence-electron chi connectivity index (χ2n) is 4.32. The molecule has 0 unspecified atom stereocenters. The van der Waals surface area contributed by atoms with Crippen LogP contribution in [-0.2, 0) is 6.54 Å². The number of benzene rings is 1. The van der Waals surface area contributed by atoms with Crippen LogP contribution in [-0.4, -0.2) is 22.3 Å². The molecule has 1 aromatic carbocycles. The van der Waals surface area contributed by atoms with E-state index in [1.165, 1.54) is 29.5 Å². The van der Waals surface area contributed by atoms with Crippen molar-refractivity contribution < 1.29 is 9.72 Å². The highest BCUT2D eigenvalue weighted by molar-refractivity contribution is 7.09.